The fourth-order valence-corrected chi connectivity index (χ4v) is 1.76. The summed E-state index contributed by atoms with van der Waals surface area (Å²) < 4.78 is 15.9. The average Bonchev–Trinajstić information content (AvgIpc) is 2.80. The van der Waals surface area contributed by atoms with E-state index in [1.165, 1.54) is 0 Å². The van der Waals surface area contributed by atoms with Crippen LogP contribution in [0.2, 0.25) is 0 Å². The maximum atomic E-state index is 11.1. The molecule has 0 aromatic carbocycles. The lowest BCUT2D eigenvalue weighted by Crippen LogP contribution is -2.42. The smallest absolute Gasteiger partial charge is 0.306 e. The summed E-state index contributed by atoms with van der Waals surface area (Å²) in [6.07, 6.45) is 2.81. The highest BCUT2D eigenvalue weighted by Crippen LogP contribution is 2.22. The normalized spacial score (nSPS) is 22.0. The second-order valence-electron chi connectivity index (χ2n) is 3.88. The van der Waals surface area contributed by atoms with Crippen molar-refractivity contribution in [1.29, 1.82) is 0 Å². The van der Waals surface area contributed by atoms with Crippen molar-refractivity contribution in [2.24, 2.45) is 0 Å². The van der Waals surface area contributed by atoms with E-state index < -0.39 is 18.3 Å². The summed E-state index contributed by atoms with van der Waals surface area (Å²) in [5, 5.41) is 0. The lowest BCUT2D eigenvalue weighted by Gasteiger charge is -2.26. The predicted molar refractivity (Wildman–Crippen MR) is 65.1 cm³/mol. The Balaban J connectivity index is 2.67. The van der Waals surface area contributed by atoms with E-state index in [1.807, 2.05) is 0 Å². The first-order valence-electron chi connectivity index (χ1n) is 5.82. The van der Waals surface area contributed by atoms with Gasteiger partial charge in [0.15, 0.2) is 6.29 Å². The summed E-state index contributed by atoms with van der Waals surface area (Å²) in [5.74, 6) is -0.277. The van der Waals surface area contributed by atoms with Gasteiger partial charge < -0.3 is 19.0 Å². The van der Waals surface area contributed by atoms with Gasteiger partial charge >= 0.3 is 5.97 Å². The molecule has 0 spiro atoms. The largest absolute Gasteiger partial charge is 0.459 e. The van der Waals surface area contributed by atoms with Crippen LogP contribution in [0.25, 0.3) is 0 Å². The van der Waals surface area contributed by atoms with Crippen molar-refractivity contribution >= 4 is 12.3 Å². The molecule has 0 bridgehead atoms. The third kappa shape index (κ3) is 4.09. The highest BCUT2D eigenvalue weighted by atomic mass is 16.6. The zero-order valence-electron chi connectivity index (χ0n) is 10.2. The summed E-state index contributed by atoms with van der Waals surface area (Å²) in [5.41, 5.74) is 0. The van der Waals surface area contributed by atoms with E-state index in [0.717, 1.165) is 0 Å². The van der Waals surface area contributed by atoms with E-state index in [4.69, 9.17) is 14.2 Å². The Kier molecular flexibility index (Phi) is 6.32. The first kappa shape index (κ1) is 14.6. The molecule has 1 aliphatic rings. The second-order valence-corrected chi connectivity index (χ2v) is 3.88. The molecule has 0 aromatic heterocycles. The fourth-order valence-electron chi connectivity index (χ4n) is 1.76. The third-order valence-electron chi connectivity index (χ3n) is 2.55. The van der Waals surface area contributed by atoms with Gasteiger partial charge in [-0.25, -0.2) is 0 Å². The Morgan fingerprint density at radius 1 is 1.33 bits per heavy atom. The van der Waals surface area contributed by atoms with Crippen LogP contribution in [-0.2, 0) is 23.8 Å². The summed E-state index contributed by atoms with van der Waals surface area (Å²) >= 11 is 0. The van der Waals surface area contributed by atoms with Crippen LogP contribution in [0.4, 0.5) is 0 Å². The van der Waals surface area contributed by atoms with Gasteiger partial charge in [-0.1, -0.05) is 12.2 Å². The van der Waals surface area contributed by atoms with Crippen molar-refractivity contribution < 1.29 is 23.8 Å². The number of rotatable bonds is 9. The van der Waals surface area contributed by atoms with Crippen LogP contribution >= 0.6 is 0 Å². The first-order chi connectivity index (χ1) is 8.72. The van der Waals surface area contributed by atoms with Crippen LogP contribution in [0.15, 0.2) is 25.3 Å². The molecule has 18 heavy (non-hydrogen) atoms. The Bertz CT molecular complexity index is 313. The van der Waals surface area contributed by atoms with E-state index in [-0.39, 0.29) is 19.2 Å². The van der Waals surface area contributed by atoms with Crippen LogP contribution in [0.5, 0.6) is 0 Å². The number of esters is 1. The molecule has 0 radical (unpaired) electrons. The van der Waals surface area contributed by atoms with Crippen LogP contribution < -0.4 is 0 Å². The highest BCUT2D eigenvalue weighted by molar-refractivity contribution is 5.71. The lowest BCUT2D eigenvalue weighted by atomic mass is 10.1. The van der Waals surface area contributed by atoms with E-state index >= 15 is 0 Å². The molecule has 0 aliphatic carbocycles. The first-order valence-corrected chi connectivity index (χ1v) is 5.82. The van der Waals surface area contributed by atoms with Crippen molar-refractivity contribution in [2.75, 3.05) is 13.2 Å². The van der Waals surface area contributed by atoms with Crippen molar-refractivity contribution in [3.63, 3.8) is 0 Å². The summed E-state index contributed by atoms with van der Waals surface area (Å²) in [6.45, 7) is 7.56. The third-order valence-corrected chi connectivity index (χ3v) is 2.55. The molecule has 0 saturated carbocycles. The minimum Gasteiger partial charge on any atom is -0.459 e. The van der Waals surface area contributed by atoms with Crippen LogP contribution in [-0.4, -0.2) is 43.8 Å². The van der Waals surface area contributed by atoms with Crippen molar-refractivity contribution in [1.82, 2.24) is 0 Å². The zero-order chi connectivity index (χ0) is 13.4. The summed E-state index contributed by atoms with van der Waals surface area (Å²) in [4.78, 5) is 22.2. The molecule has 0 unspecified atom stereocenters. The van der Waals surface area contributed by atoms with E-state index in [0.29, 0.717) is 19.1 Å². The standard InChI is InChI=1S/C13H18O5/c1-3-7-16-11(9-14)13(17-8-4-2)10-5-6-12(15)18-10/h3-4,9-11,13H,1-2,5-8H2/t10-,11-,13+/m1/s1. The van der Waals surface area contributed by atoms with E-state index in [2.05, 4.69) is 13.2 Å². The van der Waals surface area contributed by atoms with Gasteiger partial charge in [-0.05, 0) is 6.42 Å². The number of hydrogen-bond acceptors (Lipinski definition) is 5. The number of carbonyl (C=O) groups is 2. The molecule has 5 nitrogen and oxygen atoms in total. The molecule has 3 atom stereocenters. The van der Waals surface area contributed by atoms with Gasteiger partial charge in [0.2, 0.25) is 0 Å². The van der Waals surface area contributed by atoms with Gasteiger partial charge in [-0.15, -0.1) is 13.2 Å². The van der Waals surface area contributed by atoms with Gasteiger partial charge in [0.25, 0.3) is 0 Å². The van der Waals surface area contributed by atoms with Crippen molar-refractivity contribution in [2.45, 2.75) is 31.2 Å². The molecule has 0 amide bonds. The lowest BCUT2D eigenvalue weighted by molar-refractivity contribution is -0.157. The van der Waals surface area contributed by atoms with E-state index in [9.17, 15) is 9.59 Å². The van der Waals surface area contributed by atoms with Gasteiger partial charge in [0.1, 0.15) is 18.3 Å². The maximum Gasteiger partial charge on any atom is 0.306 e. The van der Waals surface area contributed by atoms with Crippen LogP contribution in [0, 0.1) is 0 Å². The zero-order valence-corrected chi connectivity index (χ0v) is 10.2. The molecule has 1 rings (SSSR count). The minimum atomic E-state index is -0.779. The topological polar surface area (TPSA) is 61.8 Å². The minimum absolute atomic E-state index is 0.234. The quantitative estimate of drug-likeness (QED) is 0.349. The molecular formula is C13H18O5. The molecule has 1 aliphatic heterocycles. The Morgan fingerprint density at radius 3 is 2.50 bits per heavy atom. The summed E-state index contributed by atoms with van der Waals surface area (Å²) in [7, 11) is 0. The highest BCUT2D eigenvalue weighted by Gasteiger charge is 2.37. The molecule has 5 heteroatoms. The number of cyclic esters (lactones) is 1. The molecule has 100 valence electrons. The second kappa shape index (κ2) is 7.79. The van der Waals surface area contributed by atoms with Crippen LogP contribution in [0.1, 0.15) is 12.8 Å². The fraction of sp³-hybridized carbons (Fsp3) is 0.538. The van der Waals surface area contributed by atoms with Gasteiger partial charge in [-0.2, -0.15) is 0 Å². The van der Waals surface area contributed by atoms with Crippen molar-refractivity contribution in [3.05, 3.63) is 25.3 Å². The summed E-state index contributed by atoms with van der Waals surface area (Å²) in [6, 6.07) is 0. The monoisotopic (exact) mass is 254 g/mol. The number of aldehydes is 1. The van der Waals surface area contributed by atoms with Crippen LogP contribution in [0.3, 0.4) is 0 Å². The molecule has 1 fully saturated rings. The maximum absolute atomic E-state index is 11.1. The van der Waals surface area contributed by atoms with Gasteiger partial charge in [0.05, 0.1) is 13.2 Å². The van der Waals surface area contributed by atoms with Gasteiger partial charge in [-0.3, -0.25) is 4.79 Å². The molecule has 0 aromatic rings. The number of ether oxygens (including phenoxy) is 3. The number of hydrogen-bond donors (Lipinski definition) is 0. The number of carbonyl (C=O) groups excluding carboxylic acids is 2. The Morgan fingerprint density at radius 2 is 2.00 bits per heavy atom. The molecule has 0 N–H and O–H groups in total. The molecule has 1 saturated heterocycles. The Hall–Kier alpha value is -1.46. The predicted octanol–water partition coefficient (Wildman–Crippen LogP) is 1.03. The SMILES string of the molecule is C=CCO[C@H]([C@@H](C=O)OCC=C)[C@H]1CCC(=O)O1. The average molecular weight is 254 g/mol. The van der Waals surface area contributed by atoms with Crippen molar-refractivity contribution in [3.8, 4) is 0 Å². The molecular weight excluding hydrogens is 236 g/mol. The van der Waals surface area contributed by atoms with E-state index in [1.54, 1.807) is 12.2 Å². The van der Waals surface area contributed by atoms with Gasteiger partial charge in [0, 0.05) is 6.42 Å². The molecule has 1 heterocycles. The Labute approximate surface area is 106 Å².